The molecule has 140 valence electrons. The summed E-state index contributed by atoms with van der Waals surface area (Å²) in [5.74, 6) is -2.28. The molecule has 1 aromatic carbocycles. The second kappa shape index (κ2) is 7.69. The summed E-state index contributed by atoms with van der Waals surface area (Å²) in [5.41, 5.74) is -1.81. The maximum absolute atomic E-state index is 12.3. The first-order chi connectivity index (χ1) is 12.2. The molecule has 1 aromatic rings. The Kier molecular flexibility index (Phi) is 5.81. The molecular weight excluding hydrogens is 366 g/mol. The molecule has 26 heavy (non-hydrogen) atoms. The average Bonchev–Trinajstić information content (AvgIpc) is 2.58. The van der Waals surface area contributed by atoms with Crippen molar-refractivity contribution < 1.29 is 24.4 Å². The van der Waals surface area contributed by atoms with Crippen molar-refractivity contribution in [3.05, 3.63) is 38.9 Å². The fourth-order valence-corrected chi connectivity index (χ4v) is 3.13. The molecule has 0 aliphatic carbocycles. The zero-order chi connectivity index (χ0) is 19.5. The minimum atomic E-state index is -1.03. The van der Waals surface area contributed by atoms with Crippen LogP contribution >= 0.6 is 11.6 Å². The molecule has 0 bridgehead atoms. The lowest BCUT2D eigenvalue weighted by Crippen LogP contribution is -2.50. The van der Waals surface area contributed by atoms with Crippen molar-refractivity contribution in [2.75, 3.05) is 19.6 Å². The number of amides is 2. The molecule has 9 nitrogen and oxygen atoms in total. The Balaban J connectivity index is 2.05. The van der Waals surface area contributed by atoms with Crippen LogP contribution in [0.4, 0.5) is 5.69 Å². The van der Waals surface area contributed by atoms with Crippen LogP contribution in [0.1, 0.15) is 30.1 Å². The molecular formula is C16H18ClN3O6. The van der Waals surface area contributed by atoms with Crippen LogP contribution in [-0.2, 0) is 9.59 Å². The van der Waals surface area contributed by atoms with Gasteiger partial charge in [0.15, 0.2) is 0 Å². The van der Waals surface area contributed by atoms with E-state index < -0.39 is 40.4 Å². The molecule has 1 unspecified atom stereocenters. The highest BCUT2D eigenvalue weighted by molar-refractivity contribution is 6.34. The number of benzene rings is 1. The van der Waals surface area contributed by atoms with Crippen LogP contribution in [0.25, 0.3) is 0 Å². The number of piperidine rings is 1. The van der Waals surface area contributed by atoms with Crippen LogP contribution in [-0.4, -0.2) is 52.3 Å². The summed E-state index contributed by atoms with van der Waals surface area (Å²) in [6, 6.07) is 3.84. The lowest BCUT2D eigenvalue weighted by atomic mass is 9.82. The molecule has 0 saturated carbocycles. The third-order valence-corrected chi connectivity index (χ3v) is 4.70. The molecule has 10 heteroatoms. The van der Waals surface area contributed by atoms with Gasteiger partial charge in [0.1, 0.15) is 5.56 Å². The van der Waals surface area contributed by atoms with Crippen LogP contribution in [0.5, 0.6) is 0 Å². The molecule has 1 heterocycles. The van der Waals surface area contributed by atoms with Crippen molar-refractivity contribution in [2.45, 2.75) is 19.8 Å². The zero-order valence-corrected chi connectivity index (χ0v) is 14.8. The molecule has 2 amide bonds. The van der Waals surface area contributed by atoms with Gasteiger partial charge >= 0.3 is 5.97 Å². The molecule has 1 saturated heterocycles. The lowest BCUT2D eigenvalue weighted by molar-refractivity contribution is -0.385. The quantitative estimate of drug-likeness (QED) is 0.587. The van der Waals surface area contributed by atoms with E-state index in [1.807, 2.05) is 0 Å². The molecule has 1 fully saturated rings. The van der Waals surface area contributed by atoms with Gasteiger partial charge in [-0.1, -0.05) is 17.7 Å². The number of hydrogen-bond donors (Lipinski definition) is 2. The number of nitrogens with one attached hydrogen (secondary N) is 1. The van der Waals surface area contributed by atoms with E-state index in [1.54, 1.807) is 6.92 Å². The number of carbonyl (C=O) groups is 3. The number of nitrogens with zero attached hydrogens (tertiary/aromatic N) is 2. The summed E-state index contributed by atoms with van der Waals surface area (Å²) in [6.07, 6.45) is 1.00. The number of aliphatic carboxylic acids is 1. The van der Waals surface area contributed by atoms with Crippen molar-refractivity contribution in [1.29, 1.82) is 0 Å². The number of likely N-dealkylation sites (tertiary alicyclic amines) is 1. The predicted molar refractivity (Wildman–Crippen MR) is 92.0 cm³/mol. The third-order valence-electron chi connectivity index (χ3n) is 4.38. The first-order valence-electron chi connectivity index (χ1n) is 7.88. The Bertz CT molecular complexity index is 768. The van der Waals surface area contributed by atoms with Gasteiger partial charge in [-0.15, -0.1) is 0 Å². The Morgan fingerprint density at radius 2 is 2.12 bits per heavy atom. The number of nitro benzene ring substituents is 1. The van der Waals surface area contributed by atoms with Crippen LogP contribution in [0, 0.1) is 15.5 Å². The largest absolute Gasteiger partial charge is 0.481 e. The average molecular weight is 384 g/mol. The Morgan fingerprint density at radius 3 is 2.73 bits per heavy atom. The Morgan fingerprint density at radius 1 is 1.42 bits per heavy atom. The van der Waals surface area contributed by atoms with Crippen molar-refractivity contribution >= 4 is 35.1 Å². The van der Waals surface area contributed by atoms with Gasteiger partial charge < -0.3 is 15.3 Å². The number of carboxylic acid groups (broad SMARTS) is 1. The summed E-state index contributed by atoms with van der Waals surface area (Å²) in [4.78, 5) is 47.6. The molecule has 2 rings (SSSR count). The summed E-state index contributed by atoms with van der Waals surface area (Å²) in [6.45, 7) is 1.60. The predicted octanol–water partition coefficient (Wildman–Crippen LogP) is 1.69. The molecule has 0 radical (unpaired) electrons. The first-order valence-corrected chi connectivity index (χ1v) is 8.26. The van der Waals surface area contributed by atoms with Gasteiger partial charge in [0.2, 0.25) is 5.91 Å². The number of halogens is 1. The van der Waals surface area contributed by atoms with Crippen LogP contribution in [0.2, 0.25) is 5.02 Å². The van der Waals surface area contributed by atoms with E-state index in [2.05, 4.69) is 5.32 Å². The maximum atomic E-state index is 12.3. The zero-order valence-electron chi connectivity index (χ0n) is 14.0. The highest BCUT2D eigenvalue weighted by Crippen LogP contribution is 2.30. The highest BCUT2D eigenvalue weighted by atomic mass is 35.5. The van der Waals surface area contributed by atoms with Crippen LogP contribution in [0.15, 0.2) is 18.2 Å². The van der Waals surface area contributed by atoms with E-state index in [4.69, 9.17) is 11.6 Å². The lowest BCUT2D eigenvalue weighted by Gasteiger charge is -2.37. The van der Waals surface area contributed by atoms with E-state index in [1.165, 1.54) is 17.0 Å². The smallest absolute Gasteiger partial charge is 0.311 e. The Hall–Kier alpha value is -2.68. The number of hydrogen-bond acceptors (Lipinski definition) is 5. The van der Waals surface area contributed by atoms with Crippen molar-refractivity contribution in [2.24, 2.45) is 5.41 Å². The van der Waals surface area contributed by atoms with Crippen molar-refractivity contribution in [3.63, 3.8) is 0 Å². The Labute approximate surface area is 154 Å². The standard InChI is InChI=1S/C16H18ClN3O6/c1-16(15(23)24)6-3-7-19(9-16)12(21)8-18-14(22)13-10(17)4-2-5-11(13)20(25)26/h2,4-5H,3,6-9H2,1H3,(H,18,22)(H,23,24). The van der Waals surface area contributed by atoms with E-state index in [0.29, 0.717) is 19.4 Å². The summed E-state index contributed by atoms with van der Waals surface area (Å²) < 4.78 is 0. The molecule has 1 aliphatic heterocycles. The second-order valence-corrected chi connectivity index (χ2v) is 6.77. The maximum Gasteiger partial charge on any atom is 0.311 e. The molecule has 1 atom stereocenters. The van der Waals surface area contributed by atoms with Gasteiger partial charge in [-0.25, -0.2) is 0 Å². The van der Waals surface area contributed by atoms with E-state index in [-0.39, 0.29) is 17.1 Å². The van der Waals surface area contributed by atoms with Gasteiger partial charge in [0.05, 0.1) is 21.9 Å². The van der Waals surface area contributed by atoms with E-state index in [0.717, 1.165) is 6.07 Å². The number of carbonyl (C=O) groups excluding carboxylic acids is 2. The topological polar surface area (TPSA) is 130 Å². The monoisotopic (exact) mass is 383 g/mol. The van der Waals surface area contributed by atoms with Gasteiger partial charge in [0.25, 0.3) is 11.6 Å². The van der Waals surface area contributed by atoms with Gasteiger partial charge in [-0.2, -0.15) is 0 Å². The highest BCUT2D eigenvalue weighted by Gasteiger charge is 2.39. The fraction of sp³-hybridized carbons (Fsp3) is 0.438. The third kappa shape index (κ3) is 4.10. The minimum absolute atomic E-state index is 0.0449. The van der Waals surface area contributed by atoms with Gasteiger partial charge in [-0.3, -0.25) is 24.5 Å². The van der Waals surface area contributed by atoms with Crippen LogP contribution in [0.3, 0.4) is 0 Å². The normalized spacial score (nSPS) is 19.7. The number of nitro groups is 1. The van der Waals surface area contributed by atoms with Gasteiger partial charge in [-0.05, 0) is 25.8 Å². The van der Waals surface area contributed by atoms with Crippen molar-refractivity contribution in [1.82, 2.24) is 10.2 Å². The summed E-state index contributed by atoms with van der Waals surface area (Å²) in [5, 5.41) is 22.6. The second-order valence-electron chi connectivity index (χ2n) is 6.36. The number of rotatable bonds is 5. The van der Waals surface area contributed by atoms with E-state index >= 15 is 0 Å². The minimum Gasteiger partial charge on any atom is -0.481 e. The van der Waals surface area contributed by atoms with Crippen LogP contribution < -0.4 is 5.32 Å². The molecule has 2 N–H and O–H groups in total. The van der Waals surface area contributed by atoms with Crippen molar-refractivity contribution in [3.8, 4) is 0 Å². The fourth-order valence-electron chi connectivity index (χ4n) is 2.87. The molecule has 1 aliphatic rings. The summed E-state index contributed by atoms with van der Waals surface area (Å²) >= 11 is 5.88. The van der Waals surface area contributed by atoms with Gasteiger partial charge in [0, 0.05) is 19.2 Å². The summed E-state index contributed by atoms with van der Waals surface area (Å²) in [7, 11) is 0. The molecule has 0 spiro atoms. The SMILES string of the molecule is CC1(C(=O)O)CCCN(C(=O)CNC(=O)c2c(Cl)cccc2[N+](=O)[O-])C1. The number of carboxylic acids is 1. The molecule has 0 aromatic heterocycles. The first kappa shape index (κ1) is 19.6. The van der Waals surface area contributed by atoms with E-state index in [9.17, 15) is 29.6 Å².